The van der Waals surface area contributed by atoms with E-state index in [4.69, 9.17) is 18.3 Å². The van der Waals surface area contributed by atoms with Crippen molar-refractivity contribution in [3.05, 3.63) is 29.3 Å². The number of carbonyl (C=O) groups excluding carboxylic acids is 1. The van der Waals surface area contributed by atoms with Crippen molar-refractivity contribution in [1.82, 2.24) is 4.90 Å². The summed E-state index contributed by atoms with van der Waals surface area (Å²) in [4.78, 5) is 14.6. The summed E-state index contributed by atoms with van der Waals surface area (Å²) in [6, 6.07) is 6.72. The molecule has 0 N–H and O–H groups in total. The van der Waals surface area contributed by atoms with Crippen LogP contribution in [0.4, 0.5) is 0 Å². The van der Waals surface area contributed by atoms with Gasteiger partial charge in [-0.1, -0.05) is 26.7 Å². The monoisotopic (exact) mass is 478 g/mol. The van der Waals surface area contributed by atoms with E-state index in [1.807, 2.05) is 27.7 Å². The van der Waals surface area contributed by atoms with Gasteiger partial charge in [0.1, 0.15) is 17.5 Å². The Hall–Kier alpha value is -1.91. The number of ether oxygens (including phenoxy) is 1. The number of nitriles is 1. The van der Waals surface area contributed by atoms with Gasteiger partial charge in [0.25, 0.3) is 0 Å². The minimum atomic E-state index is -3.94. The number of likely N-dealkylation sites (tertiary alicyclic amines) is 1. The van der Waals surface area contributed by atoms with Crippen LogP contribution >= 0.6 is 7.82 Å². The zero-order valence-electron chi connectivity index (χ0n) is 20.0. The first kappa shape index (κ1) is 25.7. The van der Waals surface area contributed by atoms with Crippen LogP contribution in [0.1, 0.15) is 83.4 Å². The first-order chi connectivity index (χ1) is 15.7. The van der Waals surface area contributed by atoms with Gasteiger partial charge in [-0.15, -0.1) is 0 Å². The van der Waals surface area contributed by atoms with Crippen molar-refractivity contribution in [2.45, 2.75) is 84.0 Å². The molecule has 2 heterocycles. The summed E-state index contributed by atoms with van der Waals surface area (Å²) in [5.74, 6) is 0.574. The fourth-order valence-corrected chi connectivity index (χ4v) is 5.73. The van der Waals surface area contributed by atoms with E-state index in [-0.39, 0.29) is 19.1 Å². The number of amides is 1. The number of hydrogen-bond donors (Lipinski definition) is 0. The second-order valence-electron chi connectivity index (χ2n) is 9.05. The van der Waals surface area contributed by atoms with Crippen LogP contribution in [0.15, 0.2) is 18.2 Å². The third kappa shape index (κ3) is 5.96. The molecule has 9 heteroatoms. The third-order valence-corrected chi connectivity index (χ3v) is 7.47. The second-order valence-corrected chi connectivity index (χ2v) is 10.7. The van der Waals surface area contributed by atoms with Crippen molar-refractivity contribution < 1.29 is 27.7 Å². The Balaban J connectivity index is 2.02. The van der Waals surface area contributed by atoms with Gasteiger partial charge in [-0.05, 0) is 51.3 Å². The van der Waals surface area contributed by atoms with E-state index in [9.17, 15) is 14.6 Å². The zero-order chi connectivity index (χ0) is 24.1. The predicted molar refractivity (Wildman–Crippen MR) is 124 cm³/mol. The molecular weight excluding hydrogens is 443 g/mol. The third-order valence-electron chi connectivity index (χ3n) is 5.99. The maximum absolute atomic E-state index is 13.7. The average molecular weight is 479 g/mol. The number of nitrogens with zero attached hydrogens (tertiary/aromatic N) is 2. The Morgan fingerprint density at radius 3 is 2.42 bits per heavy atom. The van der Waals surface area contributed by atoms with Gasteiger partial charge >= 0.3 is 7.82 Å². The van der Waals surface area contributed by atoms with Gasteiger partial charge in [0.2, 0.25) is 5.91 Å². The van der Waals surface area contributed by atoms with Crippen LogP contribution in [0.3, 0.4) is 0 Å². The van der Waals surface area contributed by atoms with Crippen LogP contribution < -0.4 is 4.74 Å². The average Bonchev–Trinajstić information content (AvgIpc) is 3.19. The lowest BCUT2D eigenvalue weighted by Crippen LogP contribution is -2.54. The lowest BCUT2D eigenvalue weighted by Gasteiger charge is -2.47. The summed E-state index contributed by atoms with van der Waals surface area (Å²) in [6.45, 7) is 8.76. The molecule has 0 bridgehead atoms. The van der Waals surface area contributed by atoms with Gasteiger partial charge < -0.3 is 9.64 Å². The Morgan fingerprint density at radius 1 is 1.21 bits per heavy atom. The molecule has 33 heavy (non-hydrogen) atoms. The van der Waals surface area contributed by atoms with Crippen molar-refractivity contribution >= 4 is 13.7 Å². The largest absolute Gasteiger partial charge is 0.485 e. The standard InChI is InChI=1S/C24H35N2O6P/c1-5-7-14-29-33(28,30-15-8-6-2)32-23-22(26-13-9-10-21(26)27)19-16-18(17-25)11-12-20(19)31-24(23,3)4/h11-12,16,22-23H,5-10,13-15H2,1-4H3/t22-,23+/m0/s1. The molecule has 1 amide bonds. The summed E-state index contributed by atoms with van der Waals surface area (Å²) in [7, 11) is -3.94. The first-order valence-corrected chi connectivity index (χ1v) is 13.3. The van der Waals surface area contributed by atoms with Crippen LogP contribution in [0.2, 0.25) is 0 Å². The van der Waals surface area contributed by atoms with E-state index < -0.39 is 25.6 Å². The SMILES string of the molecule is CCCCOP(=O)(OCCCC)O[C@@H]1[C@@H](N2CCCC2=O)c2cc(C#N)ccc2OC1(C)C. The minimum absolute atomic E-state index is 0.00625. The highest BCUT2D eigenvalue weighted by molar-refractivity contribution is 7.48. The van der Waals surface area contributed by atoms with E-state index in [0.29, 0.717) is 29.8 Å². The van der Waals surface area contributed by atoms with Crippen LogP contribution in [0, 0.1) is 11.3 Å². The van der Waals surface area contributed by atoms with E-state index in [0.717, 1.165) is 32.1 Å². The van der Waals surface area contributed by atoms with Crippen molar-refractivity contribution in [3.8, 4) is 11.8 Å². The van der Waals surface area contributed by atoms with Crippen molar-refractivity contribution in [3.63, 3.8) is 0 Å². The summed E-state index contributed by atoms with van der Waals surface area (Å²) in [5.41, 5.74) is 0.184. The second kappa shape index (κ2) is 11.0. The Kier molecular flexibility index (Phi) is 8.58. The molecule has 0 radical (unpaired) electrons. The quantitative estimate of drug-likeness (QED) is 0.305. The van der Waals surface area contributed by atoms with Crippen LogP contribution in [0.5, 0.6) is 5.75 Å². The topological polar surface area (TPSA) is 98.1 Å². The lowest BCUT2D eigenvalue weighted by molar-refractivity contribution is -0.139. The number of fused-ring (bicyclic) bond motifs is 1. The van der Waals surface area contributed by atoms with Gasteiger partial charge in [-0.2, -0.15) is 5.26 Å². The van der Waals surface area contributed by atoms with Gasteiger partial charge in [0, 0.05) is 18.5 Å². The number of unbranched alkanes of at least 4 members (excludes halogenated alkanes) is 2. The maximum atomic E-state index is 13.7. The molecule has 0 saturated carbocycles. The molecule has 8 nitrogen and oxygen atoms in total. The molecule has 0 aliphatic carbocycles. The summed E-state index contributed by atoms with van der Waals surface area (Å²) < 4.78 is 37.5. The Bertz CT molecular complexity index is 914. The van der Waals surface area contributed by atoms with Crippen molar-refractivity contribution in [1.29, 1.82) is 5.26 Å². The van der Waals surface area contributed by atoms with Crippen LogP contribution in [0.25, 0.3) is 0 Å². The fourth-order valence-electron chi connectivity index (χ4n) is 4.18. The summed E-state index contributed by atoms with van der Waals surface area (Å²) >= 11 is 0. The molecule has 2 aliphatic rings. The van der Waals surface area contributed by atoms with Crippen LogP contribution in [-0.2, 0) is 22.9 Å². The molecule has 0 unspecified atom stereocenters. The molecule has 3 rings (SSSR count). The normalized spacial score (nSPS) is 22.0. The van der Waals surface area contributed by atoms with Crippen molar-refractivity contribution in [2.24, 2.45) is 0 Å². The van der Waals surface area contributed by atoms with Gasteiger partial charge in [-0.3, -0.25) is 18.4 Å². The zero-order valence-corrected chi connectivity index (χ0v) is 20.9. The number of carbonyl (C=O) groups is 1. The lowest BCUT2D eigenvalue weighted by atomic mass is 9.85. The smallest absolute Gasteiger partial charge is 0.475 e. The number of hydrogen-bond acceptors (Lipinski definition) is 7. The summed E-state index contributed by atoms with van der Waals surface area (Å²) in [5, 5.41) is 9.45. The first-order valence-electron chi connectivity index (χ1n) is 11.8. The number of phosphoric acid groups is 1. The molecule has 2 aliphatic heterocycles. The molecule has 182 valence electrons. The molecule has 2 atom stereocenters. The molecule has 1 fully saturated rings. The number of phosphoric ester groups is 1. The number of rotatable bonds is 11. The molecule has 1 aromatic rings. The van der Waals surface area contributed by atoms with Gasteiger partial charge in [-0.25, -0.2) is 4.57 Å². The highest BCUT2D eigenvalue weighted by atomic mass is 31.2. The van der Waals surface area contributed by atoms with Gasteiger partial charge in [0.05, 0.1) is 30.9 Å². The molecule has 0 spiro atoms. The van der Waals surface area contributed by atoms with Crippen LogP contribution in [-0.4, -0.2) is 42.3 Å². The van der Waals surface area contributed by atoms with Crippen molar-refractivity contribution in [2.75, 3.05) is 19.8 Å². The fraction of sp³-hybridized carbons (Fsp3) is 0.667. The molecule has 1 aromatic carbocycles. The van der Waals surface area contributed by atoms with E-state index in [1.54, 1.807) is 23.1 Å². The Labute approximate surface area is 196 Å². The van der Waals surface area contributed by atoms with E-state index in [1.165, 1.54) is 0 Å². The molecule has 1 saturated heterocycles. The predicted octanol–water partition coefficient (Wildman–Crippen LogP) is 5.52. The number of benzene rings is 1. The molecular formula is C24H35N2O6P. The highest BCUT2D eigenvalue weighted by Crippen LogP contribution is 2.56. The molecule has 0 aromatic heterocycles. The minimum Gasteiger partial charge on any atom is -0.485 e. The van der Waals surface area contributed by atoms with Gasteiger partial charge in [0.15, 0.2) is 0 Å². The van der Waals surface area contributed by atoms with E-state index in [2.05, 4.69) is 6.07 Å². The highest BCUT2D eigenvalue weighted by Gasteiger charge is 2.52. The maximum Gasteiger partial charge on any atom is 0.475 e. The van der Waals surface area contributed by atoms with E-state index >= 15 is 0 Å². The Morgan fingerprint density at radius 2 is 1.88 bits per heavy atom. The summed E-state index contributed by atoms with van der Waals surface area (Å²) in [6.07, 6.45) is 3.54.